The standard InChI is InChI=1S/C35H31NO6/c37-32-33(38)42-35(39-24-25-11-10-18-30(23-25)40-29-16-8-3-9-17-29)28-19-21-36(22-20-28)34(35,41-32)31(26-12-4-1-5-13-26)27-14-6-2-7-15-27/h1-18,23,28,31H,19-22,24H2. The van der Waals surface area contributed by atoms with Gasteiger partial charge in [0.2, 0.25) is 5.72 Å². The summed E-state index contributed by atoms with van der Waals surface area (Å²) >= 11 is 0. The molecule has 212 valence electrons. The molecule has 4 aliphatic rings. The van der Waals surface area contributed by atoms with Crippen LogP contribution in [-0.2, 0) is 30.4 Å². The van der Waals surface area contributed by atoms with Crippen molar-refractivity contribution in [1.82, 2.24) is 4.90 Å². The van der Waals surface area contributed by atoms with Crippen LogP contribution in [-0.4, -0.2) is 41.4 Å². The van der Waals surface area contributed by atoms with Crippen molar-refractivity contribution < 1.29 is 28.5 Å². The Balaban J connectivity index is 1.32. The molecule has 2 unspecified atom stereocenters. The Labute approximate surface area is 244 Å². The van der Waals surface area contributed by atoms with Crippen molar-refractivity contribution in [3.05, 3.63) is 132 Å². The highest BCUT2D eigenvalue weighted by atomic mass is 16.8. The second kappa shape index (κ2) is 10.7. The van der Waals surface area contributed by atoms with Gasteiger partial charge in [-0.25, -0.2) is 9.59 Å². The number of nitrogens with zero attached hydrogens (tertiary/aromatic N) is 1. The lowest BCUT2D eigenvalue weighted by Crippen LogP contribution is -2.82. The number of benzene rings is 4. The number of ether oxygens (including phenoxy) is 4. The lowest BCUT2D eigenvalue weighted by Gasteiger charge is -2.65. The smallest absolute Gasteiger partial charge is 0.420 e. The van der Waals surface area contributed by atoms with Crippen LogP contribution in [0.3, 0.4) is 0 Å². The summed E-state index contributed by atoms with van der Waals surface area (Å²) in [5.74, 6) is -2.81. The minimum Gasteiger partial charge on any atom is -0.457 e. The molecule has 0 aliphatic carbocycles. The number of rotatable bonds is 8. The van der Waals surface area contributed by atoms with E-state index in [-0.39, 0.29) is 12.5 Å². The van der Waals surface area contributed by atoms with Gasteiger partial charge in [0, 0.05) is 19.0 Å². The highest BCUT2D eigenvalue weighted by molar-refractivity contribution is 6.30. The van der Waals surface area contributed by atoms with Crippen molar-refractivity contribution >= 4 is 11.9 Å². The van der Waals surface area contributed by atoms with Gasteiger partial charge in [-0.3, -0.25) is 4.90 Å². The molecule has 7 nitrogen and oxygen atoms in total. The summed E-state index contributed by atoms with van der Waals surface area (Å²) in [5, 5.41) is 0. The maximum absolute atomic E-state index is 13.1. The molecule has 42 heavy (non-hydrogen) atoms. The first-order chi connectivity index (χ1) is 20.6. The molecule has 0 spiro atoms. The zero-order valence-corrected chi connectivity index (χ0v) is 23.1. The summed E-state index contributed by atoms with van der Waals surface area (Å²) in [6, 6.07) is 37.1. The highest BCUT2D eigenvalue weighted by Gasteiger charge is 2.76. The van der Waals surface area contributed by atoms with Crippen LogP contribution in [0.1, 0.15) is 35.4 Å². The second-order valence-electron chi connectivity index (χ2n) is 11.0. The van der Waals surface area contributed by atoms with E-state index < -0.39 is 29.4 Å². The molecule has 4 aliphatic heterocycles. The van der Waals surface area contributed by atoms with Gasteiger partial charge in [-0.1, -0.05) is 91.0 Å². The minimum absolute atomic E-state index is 0.124. The molecule has 0 aromatic heterocycles. The fraction of sp³-hybridized carbons (Fsp3) is 0.257. The predicted octanol–water partition coefficient (Wildman–Crippen LogP) is 6.05. The van der Waals surface area contributed by atoms with E-state index in [0.29, 0.717) is 18.8 Å². The third-order valence-corrected chi connectivity index (χ3v) is 8.65. The van der Waals surface area contributed by atoms with Crippen LogP contribution in [0.4, 0.5) is 0 Å². The van der Waals surface area contributed by atoms with Crippen LogP contribution in [0.2, 0.25) is 0 Å². The van der Waals surface area contributed by atoms with Crippen molar-refractivity contribution in [2.24, 2.45) is 5.92 Å². The molecule has 0 saturated carbocycles. The largest absolute Gasteiger partial charge is 0.457 e. The van der Waals surface area contributed by atoms with E-state index in [0.717, 1.165) is 35.3 Å². The van der Waals surface area contributed by atoms with Crippen LogP contribution >= 0.6 is 0 Å². The van der Waals surface area contributed by atoms with Gasteiger partial charge in [0.05, 0.1) is 12.5 Å². The number of piperidine rings is 3. The van der Waals surface area contributed by atoms with Crippen LogP contribution in [0, 0.1) is 5.92 Å². The molecular formula is C35H31NO6. The molecule has 0 radical (unpaired) electrons. The van der Waals surface area contributed by atoms with Gasteiger partial charge in [-0.2, -0.15) is 0 Å². The number of fused-ring (bicyclic) bond motifs is 2. The van der Waals surface area contributed by atoms with Gasteiger partial charge in [0.15, 0.2) is 0 Å². The molecule has 2 bridgehead atoms. The van der Waals surface area contributed by atoms with Gasteiger partial charge < -0.3 is 18.9 Å². The summed E-state index contributed by atoms with van der Waals surface area (Å²) in [6.07, 6.45) is 1.50. The predicted molar refractivity (Wildman–Crippen MR) is 154 cm³/mol. The first-order valence-corrected chi connectivity index (χ1v) is 14.4. The first-order valence-electron chi connectivity index (χ1n) is 14.4. The Morgan fingerprint density at radius 3 is 1.93 bits per heavy atom. The van der Waals surface area contributed by atoms with Crippen LogP contribution < -0.4 is 4.74 Å². The van der Waals surface area contributed by atoms with E-state index in [1.807, 2.05) is 115 Å². The van der Waals surface area contributed by atoms with Crippen molar-refractivity contribution in [3.8, 4) is 11.5 Å². The second-order valence-corrected chi connectivity index (χ2v) is 11.0. The first kappa shape index (κ1) is 26.4. The monoisotopic (exact) mass is 561 g/mol. The van der Waals surface area contributed by atoms with Gasteiger partial charge in [0.1, 0.15) is 11.5 Å². The van der Waals surface area contributed by atoms with E-state index in [1.54, 1.807) is 0 Å². The molecule has 4 heterocycles. The zero-order valence-electron chi connectivity index (χ0n) is 23.1. The maximum atomic E-state index is 13.1. The summed E-state index contributed by atoms with van der Waals surface area (Å²) in [7, 11) is 0. The Kier molecular flexibility index (Phi) is 6.76. The molecule has 2 atom stereocenters. The van der Waals surface area contributed by atoms with Gasteiger partial charge in [0.25, 0.3) is 5.79 Å². The number of carbonyl (C=O) groups excluding carboxylic acids is 2. The number of hydrogen-bond donors (Lipinski definition) is 0. The van der Waals surface area contributed by atoms with E-state index in [2.05, 4.69) is 4.90 Å². The third-order valence-electron chi connectivity index (χ3n) is 8.65. The fourth-order valence-corrected chi connectivity index (χ4v) is 6.90. The Morgan fingerprint density at radius 1 is 0.714 bits per heavy atom. The van der Waals surface area contributed by atoms with Gasteiger partial charge in [-0.05, 0) is 53.8 Å². The average Bonchev–Trinajstić information content (AvgIpc) is 3.04. The summed E-state index contributed by atoms with van der Waals surface area (Å²) in [5.41, 5.74) is 1.31. The lowest BCUT2D eigenvalue weighted by molar-refractivity contribution is -0.417. The molecule has 4 fully saturated rings. The number of esters is 2. The zero-order chi connectivity index (χ0) is 28.6. The third kappa shape index (κ3) is 4.37. The molecule has 4 aromatic rings. The molecule has 7 heteroatoms. The van der Waals surface area contributed by atoms with E-state index >= 15 is 0 Å². The number of hydrogen-bond acceptors (Lipinski definition) is 7. The molecular weight excluding hydrogens is 530 g/mol. The molecule has 0 N–H and O–H groups in total. The molecule has 4 aromatic carbocycles. The van der Waals surface area contributed by atoms with Crippen molar-refractivity contribution in [2.45, 2.75) is 36.9 Å². The number of carbonyl (C=O) groups is 2. The normalized spacial score (nSPS) is 26.3. The Morgan fingerprint density at radius 2 is 1.29 bits per heavy atom. The van der Waals surface area contributed by atoms with Crippen LogP contribution in [0.15, 0.2) is 115 Å². The average molecular weight is 562 g/mol. The van der Waals surface area contributed by atoms with E-state index in [4.69, 9.17) is 18.9 Å². The number of para-hydroxylation sites is 1. The molecule has 4 saturated heterocycles. The summed E-state index contributed by atoms with van der Waals surface area (Å²) < 4.78 is 25.4. The van der Waals surface area contributed by atoms with Crippen molar-refractivity contribution in [3.63, 3.8) is 0 Å². The lowest BCUT2D eigenvalue weighted by atomic mass is 9.66. The van der Waals surface area contributed by atoms with E-state index in [9.17, 15) is 9.59 Å². The molecule has 8 rings (SSSR count). The maximum Gasteiger partial charge on any atom is 0.420 e. The SMILES string of the molecule is O=C1OC2(OCc3cccc(Oc4ccccc4)c3)C3CCN(CC3)C2(C(c2ccccc2)c2ccccc2)OC1=O. The Bertz CT molecular complexity index is 1530. The van der Waals surface area contributed by atoms with Crippen molar-refractivity contribution in [2.75, 3.05) is 13.1 Å². The summed E-state index contributed by atoms with van der Waals surface area (Å²) in [4.78, 5) is 28.3. The molecule has 0 amide bonds. The van der Waals surface area contributed by atoms with Crippen molar-refractivity contribution in [1.29, 1.82) is 0 Å². The van der Waals surface area contributed by atoms with Crippen LogP contribution in [0.25, 0.3) is 0 Å². The Hall–Kier alpha value is -4.46. The highest BCUT2D eigenvalue weighted by Crippen LogP contribution is 2.59. The quantitative estimate of drug-likeness (QED) is 0.192. The van der Waals surface area contributed by atoms with Crippen LogP contribution in [0.5, 0.6) is 11.5 Å². The van der Waals surface area contributed by atoms with Gasteiger partial charge in [-0.15, -0.1) is 0 Å². The van der Waals surface area contributed by atoms with E-state index in [1.165, 1.54) is 0 Å². The topological polar surface area (TPSA) is 74.3 Å². The fourth-order valence-electron chi connectivity index (χ4n) is 6.90. The minimum atomic E-state index is -1.53. The van der Waals surface area contributed by atoms with Gasteiger partial charge >= 0.3 is 11.9 Å². The summed E-state index contributed by atoms with van der Waals surface area (Å²) in [6.45, 7) is 1.51.